The molecular weight excluding hydrogens is 370 g/mol. The molecule has 4 fully saturated rings. The predicted molar refractivity (Wildman–Crippen MR) is 105 cm³/mol. The van der Waals surface area contributed by atoms with Gasteiger partial charge in [-0.2, -0.15) is 0 Å². The van der Waals surface area contributed by atoms with Crippen molar-refractivity contribution in [2.45, 2.75) is 37.4 Å². The third-order valence-electron chi connectivity index (χ3n) is 7.07. The number of rotatable bonds is 3. The van der Waals surface area contributed by atoms with Gasteiger partial charge in [0.05, 0.1) is 18.8 Å². The van der Waals surface area contributed by atoms with Gasteiger partial charge in [-0.25, -0.2) is 4.79 Å². The van der Waals surface area contributed by atoms with Crippen LogP contribution in [0, 0.1) is 5.92 Å². The Bertz CT molecular complexity index is 907. The van der Waals surface area contributed by atoms with Crippen LogP contribution in [0.2, 0.25) is 0 Å². The summed E-state index contributed by atoms with van der Waals surface area (Å²) in [5, 5.41) is 3.06. The Labute approximate surface area is 169 Å². The summed E-state index contributed by atoms with van der Waals surface area (Å²) in [6, 6.07) is 10.6. The summed E-state index contributed by atoms with van der Waals surface area (Å²) < 4.78 is 16.5. The van der Waals surface area contributed by atoms with Crippen LogP contribution >= 0.6 is 0 Å². The lowest BCUT2D eigenvalue weighted by molar-refractivity contribution is 0.00346. The number of nitrogens with zero attached hydrogens (tertiary/aromatic N) is 2. The van der Waals surface area contributed by atoms with Gasteiger partial charge in [-0.05, 0) is 61.7 Å². The number of carbonyl (C=O) groups is 1. The van der Waals surface area contributed by atoms with E-state index >= 15 is 0 Å². The number of likely N-dealkylation sites (tertiary alicyclic amines) is 1. The first-order valence-electron chi connectivity index (χ1n) is 10.5. The SMILES string of the molecule is O=C(NCc1ccco1)N1C[C@@H](c2ccc3c(c2)OCO3)[C@@H]2[C@H]1C1CCN2CC1. The van der Waals surface area contributed by atoms with Crippen LogP contribution in [-0.4, -0.2) is 54.3 Å². The lowest BCUT2D eigenvalue weighted by Crippen LogP contribution is -2.61. The molecule has 7 heteroatoms. The van der Waals surface area contributed by atoms with Gasteiger partial charge in [0, 0.05) is 18.5 Å². The van der Waals surface area contributed by atoms with E-state index in [0.717, 1.165) is 36.9 Å². The van der Waals surface area contributed by atoms with Crippen LogP contribution in [0.5, 0.6) is 11.5 Å². The van der Waals surface area contributed by atoms with Gasteiger partial charge in [0.15, 0.2) is 11.5 Å². The van der Waals surface area contributed by atoms with Crippen molar-refractivity contribution in [3.63, 3.8) is 0 Å². The molecule has 4 saturated heterocycles. The van der Waals surface area contributed by atoms with Gasteiger partial charge in [0.25, 0.3) is 0 Å². The van der Waals surface area contributed by atoms with E-state index in [0.29, 0.717) is 18.5 Å². The minimum Gasteiger partial charge on any atom is -0.467 e. The number of amides is 2. The number of hydrogen-bond acceptors (Lipinski definition) is 5. The molecule has 2 amide bonds. The van der Waals surface area contributed by atoms with Gasteiger partial charge in [-0.1, -0.05) is 6.07 Å². The summed E-state index contributed by atoms with van der Waals surface area (Å²) >= 11 is 0. The maximum Gasteiger partial charge on any atom is 0.318 e. The fourth-order valence-corrected chi connectivity index (χ4v) is 5.77. The van der Waals surface area contributed by atoms with Crippen LogP contribution in [-0.2, 0) is 6.54 Å². The first-order valence-corrected chi connectivity index (χ1v) is 10.5. The van der Waals surface area contributed by atoms with Crippen LogP contribution in [0.4, 0.5) is 4.79 Å². The molecule has 2 bridgehead atoms. The van der Waals surface area contributed by atoms with Crippen molar-refractivity contribution < 1.29 is 18.7 Å². The Kier molecular flexibility index (Phi) is 3.97. The third kappa shape index (κ3) is 2.79. The molecule has 3 atom stereocenters. The maximum absolute atomic E-state index is 13.1. The van der Waals surface area contributed by atoms with Crippen molar-refractivity contribution in [2.75, 3.05) is 26.4 Å². The van der Waals surface area contributed by atoms with Crippen molar-refractivity contribution in [1.82, 2.24) is 15.1 Å². The van der Waals surface area contributed by atoms with Gasteiger partial charge < -0.3 is 24.1 Å². The Balaban J connectivity index is 1.28. The second-order valence-corrected chi connectivity index (χ2v) is 8.46. The van der Waals surface area contributed by atoms with Gasteiger partial charge in [0.1, 0.15) is 5.76 Å². The topological polar surface area (TPSA) is 67.2 Å². The molecule has 1 aromatic heterocycles. The first-order chi connectivity index (χ1) is 14.3. The molecule has 2 aromatic rings. The van der Waals surface area contributed by atoms with Crippen LogP contribution in [0.1, 0.15) is 30.1 Å². The van der Waals surface area contributed by atoms with E-state index < -0.39 is 0 Å². The molecule has 0 spiro atoms. The Morgan fingerprint density at radius 3 is 2.79 bits per heavy atom. The van der Waals surface area contributed by atoms with Crippen LogP contribution in [0.15, 0.2) is 41.0 Å². The molecule has 0 aliphatic carbocycles. The highest BCUT2D eigenvalue weighted by Gasteiger charge is 2.54. The standard InChI is InChI=1S/C22H25N3O4/c26-22(23-11-16-2-1-9-27-16)25-12-17(15-3-4-18-19(10-15)29-13-28-18)21-20(25)14-5-7-24(21)8-6-14/h1-4,9-10,14,17,20-21H,5-8,11-13H2,(H,23,26)/t17-,20+,21+/m0/s1. The molecule has 5 aliphatic rings. The number of furan rings is 1. The average molecular weight is 395 g/mol. The van der Waals surface area contributed by atoms with E-state index in [1.54, 1.807) is 6.26 Å². The number of benzene rings is 1. The highest BCUT2D eigenvalue weighted by atomic mass is 16.7. The number of urea groups is 1. The molecule has 152 valence electrons. The number of carbonyl (C=O) groups excluding carboxylic acids is 1. The third-order valence-corrected chi connectivity index (χ3v) is 7.07. The minimum atomic E-state index is 0.00777. The zero-order chi connectivity index (χ0) is 19.4. The zero-order valence-electron chi connectivity index (χ0n) is 16.3. The molecule has 5 aliphatic heterocycles. The second-order valence-electron chi connectivity index (χ2n) is 8.46. The summed E-state index contributed by atoms with van der Waals surface area (Å²) in [6.45, 7) is 3.70. The largest absolute Gasteiger partial charge is 0.467 e. The molecule has 7 rings (SSSR count). The summed E-state index contributed by atoms with van der Waals surface area (Å²) in [5.74, 6) is 3.26. The van der Waals surface area contributed by atoms with Crippen LogP contribution in [0.25, 0.3) is 0 Å². The lowest BCUT2D eigenvalue weighted by Gasteiger charge is -2.51. The molecule has 6 heterocycles. The van der Waals surface area contributed by atoms with Gasteiger partial charge in [-0.3, -0.25) is 4.90 Å². The second kappa shape index (κ2) is 6.69. The minimum absolute atomic E-state index is 0.00777. The molecule has 29 heavy (non-hydrogen) atoms. The number of nitrogens with one attached hydrogen (secondary N) is 1. The molecule has 1 N–H and O–H groups in total. The van der Waals surface area contributed by atoms with Crippen molar-refractivity contribution in [3.05, 3.63) is 47.9 Å². The molecule has 7 nitrogen and oxygen atoms in total. The van der Waals surface area contributed by atoms with E-state index in [-0.39, 0.29) is 24.8 Å². The smallest absolute Gasteiger partial charge is 0.318 e. The number of piperidine rings is 3. The molecule has 1 aromatic carbocycles. The van der Waals surface area contributed by atoms with Crippen molar-refractivity contribution in [2.24, 2.45) is 5.92 Å². The first kappa shape index (κ1) is 17.2. The van der Waals surface area contributed by atoms with E-state index in [9.17, 15) is 4.79 Å². The number of fused-ring (bicyclic) bond motifs is 3. The summed E-state index contributed by atoms with van der Waals surface area (Å²) in [6.07, 6.45) is 3.99. The van der Waals surface area contributed by atoms with Gasteiger partial charge >= 0.3 is 6.03 Å². The molecule has 0 unspecified atom stereocenters. The summed E-state index contributed by atoms with van der Waals surface area (Å²) in [7, 11) is 0. The molecular formula is C22H25N3O4. The van der Waals surface area contributed by atoms with E-state index in [2.05, 4.69) is 27.2 Å². The van der Waals surface area contributed by atoms with Crippen molar-refractivity contribution in [3.8, 4) is 11.5 Å². The Morgan fingerprint density at radius 1 is 1.10 bits per heavy atom. The molecule has 0 radical (unpaired) electrons. The van der Waals surface area contributed by atoms with E-state index in [1.807, 2.05) is 18.2 Å². The van der Waals surface area contributed by atoms with Gasteiger partial charge in [0.2, 0.25) is 6.79 Å². The maximum atomic E-state index is 13.1. The van der Waals surface area contributed by atoms with Crippen molar-refractivity contribution >= 4 is 6.03 Å². The lowest BCUT2D eigenvalue weighted by atomic mass is 9.75. The highest BCUT2D eigenvalue weighted by molar-refractivity contribution is 5.75. The molecule has 0 saturated carbocycles. The van der Waals surface area contributed by atoms with E-state index in [1.165, 1.54) is 18.4 Å². The average Bonchev–Trinajstić information content (AvgIpc) is 3.52. The highest BCUT2D eigenvalue weighted by Crippen LogP contribution is 2.47. The van der Waals surface area contributed by atoms with Crippen molar-refractivity contribution in [1.29, 1.82) is 0 Å². The predicted octanol–water partition coefficient (Wildman–Crippen LogP) is 2.78. The Morgan fingerprint density at radius 2 is 1.97 bits per heavy atom. The summed E-state index contributed by atoms with van der Waals surface area (Å²) in [4.78, 5) is 17.8. The fraction of sp³-hybridized carbons (Fsp3) is 0.500. The van der Waals surface area contributed by atoms with Crippen LogP contribution in [0.3, 0.4) is 0 Å². The summed E-state index contributed by atoms with van der Waals surface area (Å²) in [5.41, 5.74) is 1.23. The van der Waals surface area contributed by atoms with Crippen LogP contribution < -0.4 is 14.8 Å². The van der Waals surface area contributed by atoms with E-state index in [4.69, 9.17) is 13.9 Å². The zero-order valence-corrected chi connectivity index (χ0v) is 16.3. The Hall–Kier alpha value is -2.67. The monoisotopic (exact) mass is 395 g/mol. The number of hydrogen-bond donors (Lipinski definition) is 1. The quantitative estimate of drug-likeness (QED) is 0.866. The van der Waals surface area contributed by atoms with Gasteiger partial charge in [-0.15, -0.1) is 0 Å². The normalized spacial score (nSPS) is 31.7. The fourth-order valence-electron chi connectivity index (χ4n) is 5.77. The number of ether oxygens (including phenoxy) is 2.